The summed E-state index contributed by atoms with van der Waals surface area (Å²) >= 11 is 0. The predicted molar refractivity (Wildman–Crippen MR) is 375 cm³/mol. The van der Waals surface area contributed by atoms with E-state index in [9.17, 15) is 69.4 Å². The van der Waals surface area contributed by atoms with Crippen molar-refractivity contribution >= 4 is 47.0 Å². The van der Waals surface area contributed by atoms with E-state index in [2.05, 4.69) is 21.3 Å². The number of carbonyl (C=O) groups is 6. The molecule has 0 saturated carbocycles. The normalized spacial score (nSPS) is 13.3. The Hall–Kier alpha value is -7.72. The smallest absolute Gasteiger partial charge is 0.311 e. The summed E-state index contributed by atoms with van der Waals surface area (Å²) in [5.41, 5.74) is -2.45. The van der Waals surface area contributed by atoms with E-state index >= 15 is 0 Å². The summed E-state index contributed by atoms with van der Waals surface area (Å²) in [5.74, 6) is -2.60. The van der Waals surface area contributed by atoms with Crippen LogP contribution in [0.3, 0.4) is 0 Å². The van der Waals surface area contributed by atoms with Crippen LogP contribution in [0.5, 0.6) is 23.0 Å². The molecule has 3 unspecified atom stereocenters. The molecule has 0 bridgehead atoms. The number of nitro benzene ring substituents is 2. The number of hydrogen-bond donors (Lipinski definition) is 8. The van der Waals surface area contributed by atoms with E-state index in [0.717, 1.165) is 29.3 Å². The average Bonchev–Trinajstić information content (AvgIpc) is 0.846. The van der Waals surface area contributed by atoms with Gasteiger partial charge in [0.25, 0.3) is 11.4 Å². The third-order valence-corrected chi connectivity index (χ3v) is 17.1. The Kier molecular flexibility index (Phi) is 39.6. The summed E-state index contributed by atoms with van der Waals surface area (Å²) in [4.78, 5) is 99.8. The van der Waals surface area contributed by atoms with Gasteiger partial charge in [-0.25, -0.2) is 0 Å². The van der Waals surface area contributed by atoms with Crippen LogP contribution in [0.15, 0.2) is 42.5 Å². The molecule has 0 saturated heterocycles. The summed E-state index contributed by atoms with van der Waals surface area (Å²) in [6.45, 7) is 30.4. The van der Waals surface area contributed by atoms with Gasteiger partial charge >= 0.3 is 17.9 Å². The van der Waals surface area contributed by atoms with Crippen molar-refractivity contribution in [3.8, 4) is 23.0 Å². The van der Waals surface area contributed by atoms with Crippen molar-refractivity contribution in [3.63, 3.8) is 0 Å². The molecular formula is C71H117N7O20. The number of benzene rings is 3. The quantitative estimate of drug-likeness (QED) is 0.00654. The number of nitrogens with one attached hydrogen (secondary N) is 4. The predicted octanol–water partition coefficient (Wildman–Crippen LogP) is 9.52. The lowest BCUT2D eigenvalue weighted by atomic mass is 9.72. The summed E-state index contributed by atoms with van der Waals surface area (Å²) in [6, 6.07) is 10.1. The molecule has 0 radical (unpaired) electrons. The Morgan fingerprint density at radius 1 is 0.480 bits per heavy atom. The molecule has 3 aromatic rings. The number of carbonyl (C=O) groups excluding carboxylic acids is 6. The van der Waals surface area contributed by atoms with Crippen molar-refractivity contribution in [2.24, 2.45) is 32.5 Å². The number of hydrogen-bond acceptors (Lipinski definition) is 22. The van der Waals surface area contributed by atoms with Crippen molar-refractivity contribution in [3.05, 3.63) is 90.5 Å². The summed E-state index contributed by atoms with van der Waals surface area (Å²) in [5, 5.41) is 72.7. The third-order valence-electron chi connectivity index (χ3n) is 17.1. The molecule has 3 atom stereocenters. The summed E-state index contributed by atoms with van der Waals surface area (Å²) < 4.78 is 31.4. The Bertz CT molecular complexity index is 3050. The van der Waals surface area contributed by atoms with Crippen LogP contribution in [-0.2, 0) is 76.5 Å². The molecule has 0 aliphatic heterocycles. The number of phenols is 4. The molecule has 0 fully saturated rings. The van der Waals surface area contributed by atoms with Crippen molar-refractivity contribution in [1.29, 1.82) is 0 Å². The Labute approximate surface area is 580 Å². The van der Waals surface area contributed by atoms with Gasteiger partial charge in [0.05, 0.1) is 64.7 Å². The highest BCUT2D eigenvalue weighted by Gasteiger charge is 2.45. The fourth-order valence-corrected chi connectivity index (χ4v) is 10.6. The zero-order valence-corrected chi connectivity index (χ0v) is 60.8. The third kappa shape index (κ3) is 30.6. The van der Waals surface area contributed by atoms with Crippen molar-refractivity contribution in [2.75, 3.05) is 114 Å². The molecule has 556 valence electrons. The number of methoxy groups -OCH3 is 2. The largest absolute Gasteiger partial charge is 0.508 e. The first-order chi connectivity index (χ1) is 45.2. The lowest BCUT2D eigenvalue weighted by Crippen LogP contribution is -2.43. The fourth-order valence-electron chi connectivity index (χ4n) is 10.6. The van der Waals surface area contributed by atoms with E-state index in [0.29, 0.717) is 102 Å². The zero-order chi connectivity index (χ0) is 74.1. The van der Waals surface area contributed by atoms with Gasteiger partial charge in [-0.3, -0.25) is 49.0 Å². The average molecular weight is 1390 g/mol. The van der Waals surface area contributed by atoms with Crippen LogP contribution in [0.1, 0.15) is 157 Å². The van der Waals surface area contributed by atoms with Gasteiger partial charge in [-0.2, -0.15) is 0 Å². The van der Waals surface area contributed by atoms with E-state index in [1.807, 2.05) is 86.5 Å². The molecule has 3 rings (SSSR count). The van der Waals surface area contributed by atoms with Gasteiger partial charge < -0.3 is 75.0 Å². The number of esters is 3. The van der Waals surface area contributed by atoms with E-state index in [1.54, 1.807) is 67.9 Å². The first-order valence-corrected chi connectivity index (χ1v) is 32.9. The molecule has 8 N–H and O–H groups in total. The van der Waals surface area contributed by atoms with Crippen molar-refractivity contribution < 1.29 is 87.5 Å². The standard InChI is InChI=1S/C24H40N2O5.C23H37N3O6.C23H36N2O9.CH4/c1-7-24(5,22(29)31-15-13-25-12-14-30-6)17-23(3,4)21(28)26-11-10-19-8-9-20(27)18(2)16-19;1-8-23(5,21(29)32-12-11-25(6)7)15-22(3,4)20(28)24-10-9-17-13-16(2)19(27)14-18(17)26(30)31;1-6-23(4,21(29)34-12-11-33-10-9-32-5)15-22(2,3)20(28)24-8-7-16-13-18(26)19(27)14-17(16)25(30)31;/h8-9,16,25,27H,7,10-15,17H2,1-6H3,(H,26,28);13-14,27H,8-12,15H2,1-7H3,(H,24,28);13-14,26-27H,6-12,15H2,1-5H3,(H,24,28);1H4. The molecule has 0 aliphatic rings. The number of nitrogens with zero attached hydrogens (tertiary/aromatic N) is 3. The number of phenolic OH excluding ortho intramolecular Hbond substituents is 4. The van der Waals surface area contributed by atoms with Crippen molar-refractivity contribution in [2.45, 2.75) is 162 Å². The van der Waals surface area contributed by atoms with E-state index in [4.69, 9.17) is 28.4 Å². The Balaban J connectivity index is 0.00000143. The van der Waals surface area contributed by atoms with Crippen LogP contribution in [0, 0.1) is 66.6 Å². The Morgan fingerprint density at radius 2 is 0.857 bits per heavy atom. The second-order valence-corrected chi connectivity index (χ2v) is 27.4. The fraction of sp³-hybridized carbons (Fsp3) is 0.662. The monoisotopic (exact) mass is 1390 g/mol. The highest BCUT2D eigenvalue weighted by atomic mass is 16.6. The highest BCUT2D eigenvalue weighted by molar-refractivity contribution is 5.85. The van der Waals surface area contributed by atoms with Crippen LogP contribution in [-0.4, -0.2) is 185 Å². The first-order valence-electron chi connectivity index (χ1n) is 32.9. The summed E-state index contributed by atoms with van der Waals surface area (Å²) in [6.07, 6.45) is 3.51. The lowest BCUT2D eigenvalue weighted by molar-refractivity contribution is -0.385. The van der Waals surface area contributed by atoms with E-state index in [-0.39, 0.29) is 118 Å². The molecule has 27 heteroatoms. The zero-order valence-electron chi connectivity index (χ0n) is 60.8. The molecule has 27 nitrogen and oxygen atoms in total. The number of amides is 3. The van der Waals surface area contributed by atoms with Gasteiger partial charge in [-0.15, -0.1) is 0 Å². The molecule has 0 heterocycles. The molecule has 3 aromatic carbocycles. The number of nitro groups is 2. The van der Waals surface area contributed by atoms with Crippen LogP contribution >= 0.6 is 0 Å². The number of ether oxygens (including phenoxy) is 6. The number of likely N-dealkylation sites (N-methyl/N-ethyl adjacent to an activating group) is 1. The highest BCUT2D eigenvalue weighted by Crippen LogP contribution is 2.41. The van der Waals surface area contributed by atoms with Gasteiger partial charge in [0.1, 0.15) is 31.3 Å². The second kappa shape index (κ2) is 42.9. The topological polar surface area (TPSA) is 376 Å². The van der Waals surface area contributed by atoms with E-state index < -0.39 is 59.8 Å². The minimum absolute atomic E-state index is 0. The van der Waals surface area contributed by atoms with Crippen LogP contribution in [0.25, 0.3) is 0 Å². The number of aromatic hydroxyl groups is 4. The Morgan fingerprint density at radius 3 is 1.28 bits per heavy atom. The van der Waals surface area contributed by atoms with Crippen molar-refractivity contribution in [1.82, 2.24) is 26.2 Å². The van der Waals surface area contributed by atoms with Gasteiger partial charge in [-0.05, 0) is 141 Å². The molecule has 0 aromatic heterocycles. The van der Waals surface area contributed by atoms with Gasteiger partial charge in [0.15, 0.2) is 11.5 Å². The maximum atomic E-state index is 12.9. The minimum Gasteiger partial charge on any atom is -0.508 e. The maximum absolute atomic E-state index is 12.9. The molecule has 3 amide bonds. The first kappa shape index (κ1) is 90.3. The second-order valence-electron chi connectivity index (χ2n) is 27.4. The number of rotatable bonds is 41. The molecule has 98 heavy (non-hydrogen) atoms. The molecule has 0 aliphatic carbocycles. The SMILES string of the molecule is C.CCC(C)(CC(C)(C)C(=O)NCCc1cc(C)c(O)cc1[N+](=O)[O-])C(=O)OCCN(C)C.CCC(C)(CC(C)(C)C(=O)NCCc1cc(O)c(O)cc1[N+](=O)[O-])C(=O)OCCOCCOC.CCC(C)(CC(C)(C)C(=O)NCCc1ccc(O)c(C)c1)C(=O)OCCNCCOC. The maximum Gasteiger partial charge on any atom is 0.311 e. The van der Waals surface area contributed by atoms with Crippen LogP contribution in [0.2, 0.25) is 0 Å². The molecule has 0 spiro atoms. The van der Waals surface area contributed by atoms with Gasteiger partial charge in [0, 0.05) is 80.9 Å². The van der Waals surface area contributed by atoms with E-state index in [1.165, 1.54) is 0 Å². The lowest BCUT2D eigenvalue weighted by Gasteiger charge is -2.34. The van der Waals surface area contributed by atoms with Gasteiger partial charge in [0.2, 0.25) is 17.7 Å². The molecular weight excluding hydrogens is 1270 g/mol. The summed E-state index contributed by atoms with van der Waals surface area (Å²) in [7, 11) is 7.00. The van der Waals surface area contributed by atoms with Crippen LogP contribution in [0.4, 0.5) is 11.4 Å². The minimum atomic E-state index is -0.929. The van der Waals surface area contributed by atoms with Crippen LogP contribution < -0.4 is 21.3 Å². The number of aryl methyl sites for hydroxylation is 2. The van der Waals surface area contributed by atoms with Gasteiger partial charge in [-0.1, -0.05) is 81.9 Å².